The van der Waals surface area contributed by atoms with Crippen molar-refractivity contribution in [3.8, 4) is 0 Å². The third-order valence-corrected chi connectivity index (χ3v) is 7.90. The van der Waals surface area contributed by atoms with Gasteiger partial charge in [0.05, 0.1) is 10.5 Å². The first kappa shape index (κ1) is 24.9. The normalized spacial score (nSPS) is 18.0. The molecule has 2 saturated heterocycles. The van der Waals surface area contributed by atoms with Gasteiger partial charge in [-0.15, -0.1) is 0 Å². The highest BCUT2D eigenvalue weighted by molar-refractivity contribution is 8.26. The molecule has 0 bridgehead atoms. The summed E-state index contributed by atoms with van der Waals surface area (Å²) in [4.78, 5) is 36.1. The van der Waals surface area contributed by atoms with E-state index in [0.29, 0.717) is 32.8 Å². The summed E-state index contributed by atoms with van der Waals surface area (Å²) in [5.41, 5.74) is 1.95. The topological polar surface area (TPSA) is 57.9 Å². The van der Waals surface area contributed by atoms with Crippen molar-refractivity contribution in [3.05, 3.63) is 44.7 Å². The van der Waals surface area contributed by atoms with Crippen molar-refractivity contribution in [1.29, 1.82) is 0 Å². The molecule has 0 spiro atoms. The van der Waals surface area contributed by atoms with Crippen LogP contribution in [0.15, 0.2) is 28.0 Å². The van der Waals surface area contributed by atoms with Gasteiger partial charge in [-0.1, -0.05) is 69.1 Å². The van der Waals surface area contributed by atoms with Crippen molar-refractivity contribution in [3.63, 3.8) is 0 Å². The molecule has 4 rings (SSSR count). The summed E-state index contributed by atoms with van der Waals surface area (Å²) < 4.78 is 2.17. The first-order valence-corrected chi connectivity index (χ1v) is 13.8. The van der Waals surface area contributed by atoms with Gasteiger partial charge in [0.25, 0.3) is 11.5 Å². The van der Waals surface area contributed by atoms with Crippen LogP contribution in [-0.4, -0.2) is 44.1 Å². The zero-order valence-electron chi connectivity index (χ0n) is 20.2. The second kappa shape index (κ2) is 11.5. The Bertz CT molecular complexity index is 1150. The highest BCUT2D eigenvalue weighted by Gasteiger charge is 2.32. The van der Waals surface area contributed by atoms with E-state index in [-0.39, 0.29) is 11.5 Å². The van der Waals surface area contributed by atoms with Gasteiger partial charge in [0.15, 0.2) is 0 Å². The molecule has 2 aliphatic heterocycles. The lowest BCUT2D eigenvalue weighted by Gasteiger charge is -2.29. The molecule has 8 heteroatoms. The molecule has 1 amide bonds. The minimum atomic E-state index is -0.143. The van der Waals surface area contributed by atoms with Gasteiger partial charge < -0.3 is 4.90 Å². The molecule has 0 atom stereocenters. The Morgan fingerprint density at radius 1 is 1.06 bits per heavy atom. The molecule has 0 radical (unpaired) electrons. The third kappa shape index (κ3) is 5.54. The van der Waals surface area contributed by atoms with E-state index >= 15 is 0 Å². The number of pyridine rings is 1. The average Bonchev–Trinajstić information content (AvgIpc) is 3.11. The summed E-state index contributed by atoms with van der Waals surface area (Å²) in [7, 11) is 0. The van der Waals surface area contributed by atoms with Crippen LogP contribution in [0.4, 0.5) is 5.82 Å². The first-order valence-electron chi connectivity index (χ1n) is 12.5. The van der Waals surface area contributed by atoms with Crippen molar-refractivity contribution in [2.75, 3.05) is 24.5 Å². The van der Waals surface area contributed by atoms with E-state index in [1.807, 2.05) is 25.3 Å². The smallest absolute Gasteiger partial charge is 0.267 e. The van der Waals surface area contributed by atoms with E-state index in [2.05, 4.69) is 11.8 Å². The van der Waals surface area contributed by atoms with Crippen LogP contribution in [0.1, 0.15) is 75.8 Å². The molecule has 2 aromatic rings. The number of thiocarbonyl (C=S) groups is 1. The van der Waals surface area contributed by atoms with E-state index in [1.165, 1.54) is 43.9 Å². The second-order valence-electron chi connectivity index (χ2n) is 9.24. The zero-order chi connectivity index (χ0) is 24.1. The van der Waals surface area contributed by atoms with Crippen LogP contribution in [-0.2, 0) is 4.79 Å². The molecule has 4 heterocycles. The van der Waals surface area contributed by atoms with Crippen LogP contribution in [0.25, 0.3) is 11.7 Å². The SMILES string of the molecule is CCCCCCCCN1C(=O)/C(=C\c2c(N3CCCCC3)nc3ccc(C)cn3c2=O)SC1=S. The van der Waals surface area contributed by atoms with Crippen molar-refractivity contribution >= 4 is 51.7 Å². The molecular weight excluding hydrogens is 464 g/mol. The summed E-state index contributed by atoms with van der Waals surface area (Å²) in [5, 5.41) is 0. The maximum Gasteiger partial charge on any atom is 0.267 e. The van der Waals surface area contributed by atoms with Crippen molar-refractivity contribution in [2.45, 2.75) is 71.6 Å². The van der Waals surface area contributed by atoms with Crippen LogP contribution in [0.5, 0.6) is 0 Å². The number of fused-ring (bicyclic) bond motifs is 1. The van der Waals surface area contributed by atoms with Crippen molar-refractivity contribution in [2.24, 2.45) is 0 Å². The Kier molecular flexibility index (Phi) is 8.42. The van der Waals surface area contributed by atoms with Gasteiger partial charge in [-0.3, -0.25) is 18.9 Å². The van der Waals surface area contributed by atoms with E-state index in [4.69, 9.17) is 17.2 Å². The minimum absolute atomic E-state index is 0.0955. The number of amides is 1. The number of aromatic nitrogens is 2. The average molecular weight is 499 g/mol. The number of anilines is 1. The van der Waals surface area contributed by atoms with Gasteiger partial charge in [0, 0.05) is 25.8 Å². The van der Waals surface area contributed by atoms with Crippen molar-refractivity contribution in [1.82, 2.24) is 14.3 Å². The van der Waals surface area contributed by atoms with Gasteiger partial charge in [-0.25, -0.2) is 4.98 Å². The number of piperidine rings is 1. The largest absolute Gasteiger partial charge is 0.356 e. The zero-order valence-corrected chi connectivity index (χ0v) is 21.8. The quantitative estimate of drug-likeness (QED) is 0.256. The Morgan fingerprint density at radius 3 is 2.56 bits per heavy atom. The summed E-state index contributed by atoms with van der Waals surface area (Å²) in [5.74, 6) is 0.580. The molecule has 2 aromatic heterocycles. The Labute approximate surface area is 211 Å². The van der Waals surface area contributed by atoms with Crippen LogP contribution in [0.3, 0.4) is 0 Å². The van der Waals surface area contributed by atoms with Crippen LogP contribution in [0.2, 0.25) is 0 Å². The fourth-order valence-electron chi connectivity index (χ4n) is 4.59. The molecule has 0 aliphatic carbocycles. The Morgan fingerprint density at radius 2 is 1.79 bits per heavy atom. The molecule has 0 N–H and O–H groups in total. The molecule has 2 aliphatic rings. The van der Waals surface area contributed by atoms with E-state index < -0.39 is 0 Å². The molecule has 182 valence electrons. The van der Waals surface area contributed by atoms with Gasteiger partial charge in [0.1, 0.15) is 15.8 Å². The fourth-order valence-corrected chi connectivity index (χ4v) is 5.88. The summed E-state index contributed by atoms with van der Waals surface area (Å²) >= 11 is 6.83. The number of rotatable bonds is 9. The molecule has 34 heavy (non-hydrogen) atoms. The van der Waals surface area contributed by atoms with Gasteiger partial charge >= 0.3 is 0 Å². The van der Waals surface area contributed by atoms with Gasteiger partial charge in [0.2, 0.25) is 0 Å². The number of nitrogens with zero attached hydrogens (tertiary/aromatic N) is 4. The number of hydrogen-bond acceptors (Lipinski definition) is 6. The highest BCUT2D eigenvalue weighted by Crippen LogP contribution is 2.34. The number of hydrogen-bond donors (Lipinski definition) is 0. The lowest BCUT2D eigenvalue weighted by molar-refractivity contribution is -0.122. The number of thioether (sulfide) groups is 1. The Balaban J connectivity index is 1.62. The fraction of sp³-hybridized carbons (Fsp3) is 0.538. The van der Waals surface area contributed by atoms with E-state index in [0.717, 1.165) is 44.3 Å². The summed E-state index contributed by atoms with van der Waals surface area (Å²) in [6.45, 7) is 6.54. The second-order valence-corrected chi connectivity index (χ2v) is 10.9. The molecule has 6 nitrogen and oxygen atoms in total. The standard InChI is InChI=1S/C26H34N4O2S2/c1-3-4-5-6-7-11-16-29-25(32)21(34-26(29)33)17-20-23(28-14-9-8-10-15-28)27-22-13-12-19(2)18-30(22)24(20)31/h12-13,17-18H,3-11,14-16H2,1-2H3/b21-17+. The summed E-state index contributed by atoms with van der Waals surface area (Å²) in [6.07, 6.45) is 13.9. The van der Waals surface area contributed by atoms with E-state index in [9.17, 15) is 9.59 Å². The molecule has 0 aromatic carbocycles. The van der Waals surface area contributed by atoms with Crippen LogP contribution < -0.4 is 10.5 Å². The van der Waals surface area contributed by atoms with Gasteiger partial charge in [-0.05, 0) is 50.3 Å². The maximum absolute atomic E-state index is 13.6. The summed E-state index contributed by atoms with van der Waals surface area (Å²) in [6, 6.07) is 3.85. The molecular formula is C26H34N4O2S2. The van der Waals surface area contributed by atoms with Crippen LogP contribution >= 0.6 is 24.0 Å². The maximum atomic E-state index is 13.6. The number of unbranched alkanes of at least 4 members (excludes halogenated alkanes) is 5. The lowest BCUT2D eigenvalue weighted by atomic mass is 10.1. The predicted molar refractivity (Wildman–Crippen MR) is 146 cm³/mol. The van der Waals surface area contributed by atoms with Gasteiger partial charge in [-0.2, -0.15) is 0 Å². The molecule has 2 fully saturated rings. The molecule has 0 saturated carbocycles. The number of aryl methyl sites for hydroxylation is 1. The predicted octanol–water partition coefficient (Wildman–Crippen LogP) is 5.55. The minimum Gasteiger partial charge on any atom is -0.356 e. The number of carbonyl (C=O) groups excluding carboxylic acids is 1. The number of carbonyl (C=O) groups is 1. The van der Waals surface area contributed by atoms with E-state index in [1.54, 1.807) is 15.4 Å². The molecule has 0 unspecified atom stereocenters. The monoisotopic (exact) mass is 498 g/mol. The Hall–Kier alpha value is -2.19. The van der Waals surface area contributed by atoms with Crippen LogP contribution in [0, 0.1) is 6.92 Å². The third-order valence-electron chi connectivity index (χ3n) is 6.53. The first-order chi connectivity index (χ1) is 16.5. The lowest BCUT2D eigenvalue weighted by Crippen LogP contribution is -2.33. The highest BCUT2D eigenvalue weighted by atomic mass is 32.2. The van der Waals surface area contributed by atoms with Crippen molar-refractivity contribution < 1.29 is 4.79 Å².